The number of carboxylic acid groups (broad SMARTS) is 1. The van der Waals surface area contributed by atoms with Gasteiger partial charge in [-0.05, 0) is 36.3 Å². The first kappa shape index (κ1) is 35.2. The number of aryl methyl sites for hydroxylation is 1. The maximum atomic E-state index is 13.8. The number of carbonyl (C=O) groups is 4. The number of benzene rings is 1. The van der Waals surface area contributed by atoms with Gasteiger partial charge in [-0.15, -0.1) is 11.3 Å². The Morgan fingerprint density at radius 3 is 2.18 bits per heavy atom. The number of aliphatic hydroxyl groups is 1. The highest BCUT2D eigenvalue weighted by Gasteiger charge is 2.44. The predicted molar refractivity (Wildman–Crippen MR) is 171 cm³/mol. The number of unbranched alkanes of at least 4 members (excludes halogenated alkanes) is 6. The molecule has 0 bridgehead atoms. The van der Waals surface area contributed by atoms with Crippen molar-refractivity contribution in [1.82, 2.24) is 20.5 Å². The standard InChI is InChI=1S/C33H48N4O6S/c1-22-29(44-21-35-22)24-16-14-23(15-17-24)19-34-31(42)26-18-25(38)20-37(26)32(43)30(33(2,3)4)36-27(39)12-10-8-6-5-7-9-11-13-28(40)41/h14-17,21,25-26,30,38H,5-13,18-20H2,1-4H3,(H,34,42)(H,36,39)(H,40,41). The molecule has 1 aliphatic rings. The highest BCUT2D eigenvalue weighted by molar-refractivity contribution is 7.13. The third-order valence-electron chi connectivity index (χ3n) is 8.01. The lowest BCUT2D eigenvalue weighted by atomic mass is 9.85. The van der Waals surface area contributed by atoms with Crippen LogP contribution in [-0.4, -0.2) is 68.5 Å². The van der Waals surface area contributed by atoms with Crippen LogP contribution in [0.15, 0.2) is 29.8 Å². The van der Waals surface area contributed by atoms with E-state index in [1.165, 1.54) is 4.90 Å². The van der Waals surface area contributed by atoms with Crippen molar-refractivity contribution in [1.29, 1.82) is 0 Å². The summed E-state index contributed by atoms with van der Waals surface area (Å²) in [4.78, 5) is 57.3. The van der Waals surface area contributed by atoms with Gasteiger partial charge < -0.3 is 25.7 Å². The van der Waals surface area contributed by atoms with Gasteiger partial charge in [0.15, 0.2) is 0 Å². The van der Waals surface area contributed by atoms with Crippen LogP contribution in [-0.2, 0) is 25.7 Å². The number of aliphatic hydroxyl groups excluding tert-OH is 1. The summed E-state index contributed by atoms with van der Waals surface area (Å²) in [6.45, 7) is 7.92. The maximum absolute atomic E-state index is 13.8. The van der Waals surface area contributed by atoms with E-state index in [0.717, 1.165) is 53.8 Å². The molecule has 3 amide bonds. The summed E-state index contributed by atoms with van der Waals surface area (Å²) in [5.74, 6) is -1.67. The summed E-state index contributed by atoms with van der Waals surface area (Å²) in [6.07, 6.45) is 5.95. The Kier molecular flexibility index (Phi) is 13.3. The van der Waals surface area contributed by atoms with Gasteiger partial charge in [-0.2, -0.15) is 0 Å². The zero-order chi connectivity index (χ0) is 32.3. The second kappa shape index (κ2) is 16.7. The first-order valence-electron chi connectivity index (χ1n) is 15.6. The summed E-state index contributed by atoms with van der Waals surface area (Å²) in [7, 11) is 0. The van der Waals surface area contributed by atoms with E-state index in [0.29, 0.717) is 19.3 Å². The number of hydrogen-bond acceptors (Lipinski definition) is 7. The molecule has 1 saturated heterocycles. The van der Waals surface area contributed by atoms with Crippen LogP contribution in [0.25, 0.3) is 10.4 Å². The van der Waals surface area contributed by atoms with Crippen LogP contribution in [0.1, 0.15) is 96.2 Å². The molecule has 3 rings (SSSR count). The van der Waals surface area contributed by atoms with Crippen molar-refractivity contribution in [3.05, 3.63) is 41.0 Å². The number of amides is 3. The van der Waals surface area contributed by atoms with Crippen molar-refractivity contribution < 1.29 is 29.4 Å². The Morgan fingerprint density at radius 2 is 1.61 bits per heavy atom. The Labute approximate surface area is 264 Å². The Bertz CT molecular complexity index is 1260. The van der Waals surface area contributed by atoms with E-state index in [-0.39, 0.29) is 43.7 Å². The Balaban J connectivity index is 1.50. The number of aliphatic carboxylic acids is 1. The molecule has 1 aromatic carbocycles. The van der Waals surface area contributed by atoms with E-state index in [1.54, 1.807) is 11.3 Å². The van der Waals surface area contributed by atoms with Gasteiger partial charge in [0.1, 0.15) is 12.1 Å². The minimum absolute atomic E-state index is 0.0364. The van der Waals surface area contributed by atoms with Crippen LogP contribution in [0.3, 0.4) is 0 Å². The van der Waals surface area contributed by atoms with E-state index in [4.69, 9.17) is 5.11 Å². The van der Waals surface area contributed by atoms with Gasteiger partial charge in [0.25, 0.3) is 0 Å². The molecule has 4 N–H and O–H groups in total. The second-order valence-corrected chi connectivity index (χ2v) is 13.7. The molecule has 0 radical (unpaired) electrons. The van der Waals surface area contributed by atoms with Crippen LogP contribution < -0.4 is 10.6 Å². The van der Waals surface area contributed by atoms with Crippen LogP contribution in [0, 0.1) is 12.3 Å². The molecule has 1 fully saturated rings. The number of thiazole rings is 1. The largest absolute Gasteiger partial charge is 0.481 e. The van der Waals surface area contributed by atoms with Crippen LogP contribution in [0.5, 0.6) is 0 Å². The lowest BCUT2D eigenvalue weighted by Crippen LogP contribution is -2.57. The molecule has 2 aromatic rings. The summed E-state index contributed by atoms with van der Waals surface area (Å²) in [5, 5.41) is 25.0. The fourth-order valence-electron chi connectivity index (χ4n) is 5.46. The molecular formula is C33H48N4O6S. The van der Waals surface area contributed by atoms with E-state index in [1.807, 2.05) is 57.5 Å². The third-order valence-corrected chi connectivity index (χ3v) is 8.98. The number of nitrogens with one attached hydrogen (secondary N) is 2. The number of carboxylic acids is 1. The zero-order valence-electron chi connectivity index (χ0n) is 26.4. The first-order chi connectivity index (χ1) is 20.9. The number of aromatic nitrogens is 1. The fourth-order valence-corrected chi connectivity index (χ4v) is 6.27. The van der Waals surface area contributed by atoms with Crippen molar-refractivity contribution in [3.8, 4) is 10.4 Å². The second-order valence-electron chi connectivity index (χ2n) is 12.8. The summed E-state index contributed by atoms with van der Waals surface area (Å²) >= 11 is 1.58. The van der Waals surface area contributed by atoms with Gasteiger partial charge in [0.2, 0.25) is 17.7 Å². The first-order valence-corrected chi connectivity index (χ1v) is 16.5. The lowest BCUT2D eigenvalue weighted by Gasteiger charge is -2.35. The predicted octanol–water partition coefficient (Wildman–Crippen LogP) is 4.82. The van der Waals surface area contributed by atoms with E-state index in [2.05, 4.69) is 15.6 Å². The van der Waals surface area contributed by atoms with Crippen molar-refractivity contribution in [2.45, 2.75) is 117 Å². The van der Waals surface area contributed by atoms with E-state index in [9.17, 15) is 24.3 Å². The lowest BCUT2D eigenvalue weighted by molar-refractivity contribution is -0.144. The molecule has 0 spiro atoms. The molecule has 0 aliphatic carbocycles. The number of nitrogens with zero attached hydrogens (tertiary/aromatic N) is 2. The van der Waals surface area contributed by atoms with Crippen LogP contribution >= 0.6 is 11.3 Å². The molecule has 44 heavy (non-hydrogen) atoms. The van der Waals surface area contributed by atoms with Gasteiger partial charge in [-0.3, -0.25) is 19.2 Å². The number of carbonyl (C=O) groups excluding carboxylic acids is 3. The Morgan fingerprint density at radius 1 is 1.00 bits per heavy atom. The normalized spacial score (nSPS) is 17.3. The van der Waals surface area contributed by atoms with Gasteiger partial charge >= 0.3 is 5.97 Å². The monoisotopic (exact) mass is 628 g/mol. The molecule has 2 heterocycles. The summed E-state index contributed by atoms with van der Waals surface area (Å²) < 4.78 is 0. The molecule has 11 heteroatoms. The average molecular weight is 629 g/mol. The average Bonchev–Trinajstić information content (AvgIpc) is 3.58. The minimum atomic E-state index is -0.840. The molecule has 1 aromatic heterocycles. The smallest absolute Gasteiger partial charge is 0.303 e. The summed E-state index contributed by atoms with van der Waals surface area (Å²) in [5.41, 5.74) is 4.17. The number of rotatable bonds is 16. The van der Waals surface area contributed by atoms with Gasteiger partial charge in [-0.25, -0.2) is 4.98 Å². The fraction of sp³-hybridized carbons (Fsp3) is 0.606. The maximum Gasteiger partial charge on any atom is 0.303 e. The number of likely N-dealkylation sites (tertiary alicyclic amines) is 1. The molecule has 3 unspecified atom stereocenters. The topological polar surface area (TPSA) is 149 Å². The van der Waals surface area contributed by atoms with Gasteiger partial charge in [-0.1, -0.05) is 77.1 Å². The van der Waals surface area contributed by atoms with Gasteiger partial charge in [0, 0.05) is 32.4 Å². The number of β-amino-alcohol motifs (C(OH)–C–C–N with tert-alkyl or cyclic N) is 1. The van der Waals surface area contributed by atoms with Crippen molar-refractivity contribution in [3.63, 3.8) is 0 Å². The SMILES string of the molecule is Cc1ncsc1-c1ccc(CNC(=O)C2CC(O)CN2C(=O)C(NC(=O)CCCCCCCCCC(=O)O)C(C)(C)C)cc1. The zero-order valence-corrected chi connectivity index (χ0v) is 27.3. The van der Waals surface area contributed by atoms with E-state index < -0.39 is 29.6 Å². The third kappa shape index (κ3) is 10.7. The van der Waals surface area contributed by atoms with Crippen molar-refractivity contribution in [2.75, 3.05) is 6.54 Å². The number of hydrogen-bond donors (Lipinski definition) is 4. The highest BCUT2D eigenvalue weighted by atomic mass is 32.1. The molecule has 10 nitrogen and oxygen atoms in total. The molecule has 242 valence electrons. The highest BCUT2D eigenvalue weighted by Crippen LogP contribution is 2.28. The molecular weight excluding hydrogens is 580 g/mol. The van der Waals surface area contributed by atoms with E-state index >= 15 is 0 Å². The minimum Gasteiger partial charge on any atom is -0.481 e. The van der Waals surface area contributed by atoms with Crippen LogP contribution in [0.2, 0.25) is 0 Å². The quantitative estimate of drug-likeness (QED) is 0.195. The van der Waals surface area contributed by atoms with Crippen molar-refractivity contribution >= 4 is 35.0 Å². The van der Waals surface area contributed by atoms with Crippen molar-refractivity contribution in [2.24, 2.45) is 5.41 Å². The molecule has 0 saturated carbocycles. The Hall–Kier alpha value is -3.31. The van der Waals surface area contributed by atoms with Gasteiger partial charge in [0.05, 0.1) is 22.2 Å². The van der Waals surface area contributed by atoms with Crippen LogP contribution in [0.4, 0.5) is 0 Å². The summed E-state index contributed by atoms with van der Waals surface area (Å²) in [6, 6.07) is 6.24. The molecule has 3 atom stereocenters. The molecule has 1 aliphatic heterocycles.